The summed E-state index contributed by atoms with van der Waals surface area (Å²) >= 11 is 5.82. The Labute approximate surface area is 101 Å². The number of nitrogens with zero attached hydrogens (tertiary/aromatic N) is 2. The van der Waals surface area contributed by atoms with E-state index in [4.69, 9.17) is 11.6 Å². The fourth-order valence-corrected chi connectivity index (χ4v) is 2.06. The molecule has 4 heteroatoms. The van der Waals surface area contributed by atoms with Gasteiger partial charge in [0.25, 0.3) is 0 Å². The molecule has 3 nitrogen and oxygen atoms in total. The first-order chi connectivity index (χ1) is 7.65. The molecular formula is C12H17ClN2O. The Bertz CT molecular complexity index is 355. The zero-order chi connectivity index (χ0) is 11.5. The van der Waals surface area contributed by atoms with E-state index >= 15 is 0 Å². The van der Waals surface area contributed by atoms with E-state index in [0.29, 0.717) is 11.1 Å². The molecule has 0 aromatic carbocycles. The van der Waals surface area contributed by atoms with Crippen LogP contribution < -0.4 is 0 Å². The molecule has 2 rings (SSSR count). The second-order valence-electron chi connectivity index (χ2n) is 4.59. The van der Waals surface area contributed by atoms with E-state index in [1.807, 2.05) is 19.2 Å². The largest absolute Gasteiger partial charge is 0.392 e. The van der Waals surface area contributed by atoms with Crippen molar-refractivity contribution in [2.75, 3.05) is 13.6 Å². The van der Waals surface area contributed by atoms with Crippen LogP contribution in [0.1, 0.15) is 18.4 Å². The van der Waals surface area contributed by atoms with Crippen LogP contribution in [0.3, 0.4) is 0 Å². The summed E-state index contributed by atoms with van der Waals surface area (Å²) in [5.74, 6) is 0.531. The van der Waals surface area contributed by atoms with Crippen molar-refractivity contribution in [2.45, 2.75) is 25.5 Å². The number of likely N-dealkylation sites (N-methyl/N-ethyl adjacent to an activating group) is 1. The van der Waals surface area contributed by atoms with Crippen LogP contribution in [0.15, 0.2) is 18.3 Å². The van der Waals surface area contributed by atoms with Gasteiger partial charge in [0, 0.05) is 19.3 Å². The molecule has 1 atom stereocenters. The summed E-state index contributed by atoms with van der Waals surface area (Å²) < 4.78 is 0. The number of rotatable bonds is 5. The number of hydrogen-bond donors (Lipinski definition) is 1. The second kappa shape index (κ2) is 5.13. The number of halogens is 1. The molecule has 0 spiro atoms. The van der Waals surface area contributed by atoms with Crippen LogP contribution in [0, 0.1) is 5.92 Å². The van der Waals surface area contributed by atoms with Gasteiger partial charge in [0.2, 0.25) is 0 Å². The Morgan fingerprint density at radius 3 is 3.00 bits per heavy atom. The van der Waals surface area contributed by atoms with Gasteiger partial charge in [-0.05, 0) is 43.5 Å². The van der Waals surface area contributed by atoms with E-state index in [9.17, 15) is 5.11 Å². The van der Waals surface area contributed by atoms with E-state index in [1.54, 1.807) is 6.20 Å². The normalized spacial score (nSPS) is 17.8. The fraction of sp³-hybridized carbons (Fsp3) is 0.583. The number of pyridine rings is 1. The van der Waals surface area contributed by atoms with Gasteiger partial charge in [0.15, 0.2) is 0 Å². The van der Waals surface area contributed by atoms with Gasteiger partial charge < -0.3 is 5.11 Å². The van der Waals surface area contributed by atoms with Crippen molar-refractivity contribution in [3.63, 3.8) is 0 Å². The Balaban J connectivity index is 1.83. The Morgan fingerprint density at radius 1 is 1.62 bits per heavy atom. The van der Waals surface area contributed by atoms with Crippen molar-refractivity contribution in [1.29, 1.82) is 0 Å². The molecule has 16 heavy (non-hydrogen) atoms. The molecule has 1 aromatic heterocycles. The van der Waals surface area contributed by atoms with E-state index < -0.39 is 0 Å². The lowest BCUT2D eigenvalue weighted by molar-refractivity contribution is 0.104. The Hall–Kier alpha value is -0.640. The fourth-order valence-electron chi connectivity index (χ4n) is 1.87. The predicted octanol–water partition coefficient (Wildman–Crippen LogP) is 1.94. The molecular weight excluding hydrogens is 224 g/mol. The molecule has 1 saturated carbocycles. The van der Waals surface area contributed by atoms with E-state index in [-0.39, 0.29) is 6.10 Å². The van der Waals surface area contributed by atoms with Crippen LogP contribution in [0.2, 0.25) is 5.15 Å². The molecule has 1 heterocycles. The standard InChI is InChI=1S/C12H17ClN2O/c1-15(8-11(16)10-2-3-10)7-9-4-5-14-12(13)6-9/h4-6,10-11,16H,2-3,7-8H2,1H3. The van der Waals surface area contributed by atoms with Gasteiger partial charge in [-0.2, -0.15) is 0 Å². The molecule has 1 N–H and O–H groups in total. The maximum Gasteiger partial charge on any atom is 0.129 e. The van der Waals surface area contributed by atoms with Crippen LogP contribution >= 0.6 is 11.6 Å². The number of aromatic nitrogens is 1. The van der Waals surface area contributed by atoms with Crippen LogP contribution in [-0.4, -0.2) is 34.7 Å². The molecule has 0 radical (unpaired) electrons. The first-order valence-corrected chi connectivity index (χ1v) is 6.00. The minimum atomic E-state index is -0.178. The maximum atomic E-state index is 9.81. The highest BCUT2D eigenvalue weighted by atomic mass is 35.5. The van der Waals surface area contributed by atoms with Crippen LogP contribution in [0.25, 0.3) is 0 Å². The third-order valence-electron chi connectivity index (χ3n) is 2.91. The quantitative estimate of drug-likeness (QED) is 0.800. The monoisotopic (exact) mass is 240 g/mol. The summed E-state index contributed by atoms with van der Waals surface area (Å²) in [5, 5.41) is 10.3. The van der Waals surface area contributed by atoms with E-state index in [1.165, 1.54) is 12.8 Å². The number of aliphatic hydroxyl groups is 1. The highest BCUT2D eigenvalue weighted by Gasteiger charge is 2.30. The summed E-state index contributed by atoms with van der Waals surface area (Å²) in [6.07, 6.45) is 3.89. The van der Waals surface area contributed by atoms with Gasteiger partial charge in [0.05, 0.1) is 6.10 Å². The smallest absolute Gasteiger partial charge is 0.129 e. The van der Waals surface area contributed by atoms with Gasteiger partial charge in [-0.3, -0.25) is 4.90 Å². The molecule has 0 bridgehead atoms. The van der Waals surface area contributed by atoms with Gasteiger partial charge in [-0.15, -0.1) is 0 Å². The van der Waals surface area contributed by atoms with Crippen LogP contribution in [0.5, 0.6) is 0 Å². The minimum Gasteiger partial charge on any atom is -0.392 e. The second-order valence-corrected chi connectivity index (χ2v) is 4.98. The van der Waals surface area contributed by atoms with Crippen molar-refractivity contribution in [3.05, 3.63) is 29.0 Å². The van der Waals surface area contributed by atoms with Crippen molar-refractivity contribution in [2.24, 2.45) is 5.92 Å². The molecule has 0 amide bonds. The number of hydrogen-bond acceptors (Lipinski definition) is 3. The average Bonchev–Trinajstić information content (AvgIpc) is 2.99. The zero-order valence-electron chi connectivity index (χ0n) is 9.43. The highest BCUT2D eigenvalue weighted by molar-refractivity contribution is 6.29. The summed E-state index contributed by atoms with van der Waals surface area (Å²) in [4.78, 5) is 6.06. The summed E-state index contributed by atoms with van der Waals surface area (Å²) in [6.45, 7) is 1.52. The third-order valence-corrected chi connectivity index (χ3v) is 3.12. The van der Waals surface area contributed by atoms with Gasteiger partial charge in [-0.25, -0.2) is 4.98 Å². The molecule has 1 aliphatic rings. The van der Waals surface area contributed by atoms with Gasteiger partial charge in [-0.1, -0.05) is 11.6 Å². The lowest BCUT2D eigenvalue weighted by atomic mass is 10.2. The molecule has 1 unspecified atom stereocenters. The molecule has 1 fully saturated rings. The van der Waals surface area contributed by atoms with Crippen molar-refractivity contribution in [1.82, 2.24) is 9.88 Å². The van der Waals surface area contributed by atoms with Crippen LogP contribution in [-0.2, 0) is 6.54 Å². The van der Waals surface area contributed by atoms with Gasteiger partial charge >= 0.3 is 0 Å². The molecule has 0 aliphatic heterocycles. The topological polar surface area (TPSA) is 36.4 Å². The zero-order valence-corrected chi connectivity index (χ0v) is 10.2. The third kappa shape index (κ3) is 3.44. The first kappa shape index (κ1) is 11.8. The maximum absolute atomic E-state index is 9.81. The van der Waals surface area contributed by atoms with Crippen LogP contribution in [0.4, 0.5) is 0 Å². The van der Waals surface area contributed by atoms with Crippen molar-refractivity contribution >= 4 is 11.6 Å². The van der Waals surface area contributed by atoms with Crippen molar-refractivity contribution in [3.8, 4) is 0 Å². The summed E-state index contributed by atoms with van der Waals surface area (Å²) in [7, 11) is 2.01. The minimum absolute atomic E-state index is 0.178. The molecule has 1 aromatic rings. The first-order valence-electron chi connectivity index (χ1n) is 5.62. The summed E-state index contributed by atoms with van der Waals surface area (Å²) in [6, 6.07) is 3.81. The molecule has 1 aliphatic carbocycles. The Morgan fingerprint density at radius 2 is 2.38 bits per heavy atom. The van der Waals surface area contributed by atoms with Gasteiger partial charge in [0.1, 0.15) is 5.15 Å². The Kier molecular flexibility index (Phi) is 3.79. The van der Waals surface area contributed by atoms with E-state index in [2.05, 4.69) is 9.88 Å². The molecule has 0 saturated heterocycles. The summed E-state index contributed by atoms with van der Waals surface area (Å²) in [5.41, 5.74) is 1.13. The SMILES string of the molecule is CN(Cc1ccnc(Cl)c1)CC(O)C1CC1. The lowest BCUT2D eigenvalue weighted by Crippen LogP contribution is -2.30. The predicted molar refractivity (Wildman–Crippen MR) is 64.3 cm³/mol. The van der Waals surface area contributed by atoms with Crippen molar-refractivity contribution < 1.29 is 5.11 Å². The average molecular weight is 241 g/mol. The molecule has 88 valence electrons. The van der Waals surface area contributed by atoms with E-state index in [0.717, 1.165) is 18.7 Å². The number of aliphatic hydroxyl groups excluding tert-OH is 1. The highest BCUT2D eigenvalue weighted by Crippen LogP contribution is 2.32. The lowest BCUT2D eigenvalue weighted by Gasteiger charge is -2.20.